The maximum Gasteiger partial charge on any atom is 0.264 e. The van der Waals surface area contributed by atoms with Crippen LogP contribution in [-0.4, -0.2) is 9.97 Å². The van der Waals surface area contributed by atoms with Crippen LogP contribution in [0.4, 0.5) is 0 Å². The van der Waals surface area contributed by atoms with E-state index in [0.29, 0.717) is 12.3 Å². The van der Waals surface area contributed by atoms with Crippen LogP contribution < -0.4 is 5.56 Å². The lowest BCUT2D eigenvalue weighted by Crippen LogP contribution is -2.18. The molecule has 1 aromatic carbocycles. The fourth-order valence-corrected chi connectivity index (χ4v) is 2.92. The average Bonchev–Trinajstić information content (AvgIpc) is 3.20. The first kappa shape index (κ1) is 12.8. The maximum atomic E-state index is 12.0. The van der Waals surface area contributed by atoms with Crippen molar-refractivity contribution in [3.05, 3.63) is 60.8 Å². The fourth-order valence-electron chi connectivity index (χ4n) is 2.22. The molecular weight excluding hydrogens is 351 g/mol. The standard InChI is InChI=1S/C15H15IN2O/c1-9-4-2-3-5-11(9)8-12-17-14(10-6-7-10)13(16)15(19)18-12/h2-5,10H,6-8H2,1H3,(H,17,18,19). The molecule has 0 saturated heterocycles. The molecule has 1 N–H and O–H groups in total. The van der Waals surface area contributed by atoms with Gasteiger partial charge in [0.25, 0.3) is 5.56 Å². The van der Waals surface area contributed by atoms with E-state index in [4.69, 9.17) is 0 Å². The largest absolute Gasteiger partial charge is 0.309 e. The molecule has 1 aliphatic carbocycles. The first-order valence-corrected chi connectivity index (χ1v) is 7.56. The molecule has 3 rings (SSSR count). The number of nitrogens with zero attached hydrogens (tertiary/aromatic N) is 1. The molecule has 0 amide bonds. The predicted octanol–water partition coefficient (Wildman–Crippen LogP) is 3.15. The fraction of sp³-hybridized carbons (Fsp3) is 0.333. The van der Waals surface area contributed by atoms with Crippen molar-refractivity contribution < 1.29 is 0 Å². The molecule has 2 aromatic rings. The SMILES string of the molecule is Cc1ccccc1Cc1nc(C2CC2)c(I)c(=O)[nH]1. The summed E-state index contributed by atoms with van der Waals surface area (Å²) in [6, 6.07) is 8.22. The summed E-state index contributed by atoms with van der Waals surface area (Å²) >= 11 is 2.11. The van der Waals surface area contributed by atoms with E-state index in [2.05, 4.69) is 51.6 Å². The van der Waals surface area contributed by atoms with Gasteiger partial charge in [0, 0.05) is 12.3 Å². The lowest BCUT2D eigenvalue weighted by atomic mass is 10.1. The Bertz CT molecular complexity index is 674. The van der Waals surface area contributed by atoms with E-state index in [1.807, 2.05) is 12.1 Å². The van der Waals surface area contributed by atoms with Gasteiger partial charge < -0.3 is 4.98 Å². The van der Waals surface area contributed by atoms with Crippen molar-refractivity contribution in [2.75, 3.05) is 0 Å². The van der Waals surface area contributed by atoms with Crippen LogP contribution in [0.5, 0.6) is 0 Å². The summed E-state index contributed by atoms with van der Waals surface area (Å²) < 4.78 is 0.758. The Hall–Kier alpha value is -1.17. The first-order valence-electron chi connectivity index (χ1n) is 6.48. The van der Waals surface area contributed by atoms with Crippen molar-refractivity contribution in [3.63, 3.8) is 0 Å². The number of aryl methyl sites for hydroxylation is 1. The number of H-pyrrole nitrogens is 1. The number of nitrogens with one attached hydrogen (secondary N) is 1. The van der Waals surface area contributed by atoms with Crippen LogP contribution >= 0.6 is 22.6 Å². The minimum atomic E-state index is 0.00100. The highest BCUT2D eigenvalue weighted by atomic mass is 127. The van der Waals surface area contributed by atoms with Gasteiger partial charge >= 0.3 is 0 Å². The zero-order chi connectivity index (χ0) is 13.4. The molecule has 1 aliphatic rings. The number of hydrogen-bond donors (Lipinski definition) is 1. The third-order valence-electron chi connectivity index (χ3n) is 3.52. The number of hydrogen-bond acceptors (Lipinski definition) is 2. The number of aromatic amines is 1. The molecule has 1 heterocycles. The van der Waals surface area contributed by atoms with Crippen molar-refractivity contribution in [2.24, 2.45) is 0 Å². The van der Waals surface area contributed by atoms with Crippen molar-refractivity contribution in [1.82, 2.24) is 9.97 Å². The number of benzene rings is 1. The summed E-state index contributed by atoms with van der Waals surface area (Å²) in [5, 5.41) is 0. The van der Waals surface area contributed by atoms with E-state index in [1.54, 1.807) is 0 Å². The molecule has 98 valence electrons. The smallest absolute Gasteiger partial charge is 0.264 e. The summed E-state index contributed by atoms with van der Waals surface area (Å²) in [4.78, 5) is 19.5. The molecule has 0 spiro atoms. The average molecular weight is 366 g/mol. The van der Waals surface area contributed by atoms with E-state index in [0.717, 1.165) is 27.9 Å². The monoisotopic (exact) mass is 366 g/mol. The van der Waals surface area contributed by atoms with E-state index < -0.39 is 0 Å². The number of rotatable bonds is 3. The van der Waals surface area contributed by atoms with Gasteiger partial charge in [0.1, 0.15) is 5.82 Å². The first-order chi connectivity index (χ1) is 9.15. The molecule has 4 heteroatoms. The third kappa shape index (κ3) is 2.73. The van der Waals surface area contributed by atoms with E-state index in [9.17, 15) is 4.79 Å². The third-order valence-corrected chi connectivity index (χ3v) is 4.56. The van der Waals surface area contributed by atoms with Gasteiger partial charge in [-0.25, -0.2) is 4.98 Å². The minimum Gasteiger partial charge on any atom is -0.309 e. The van der Waals surface area contributed by atoms with Crippen LogP contribution in [0.2, 0.25) is 0 Å². The summed E-state index contributed by atoms with van der Waals surface area (Å²) in [6.07, 6.45) is 3.02. The van der Waals surface area contributed by atoms with Gasteiger partial charge in [0.05, 0.1) is 9.26 Å². The molecule has 0 atom stereocenters. The summed E-state index contributed by atoms with van der Waals surface area (Å²) in [6.45, 7) is 2.09. The van der Waals surface area contributed by atoms with Crippen LogP contribution in [0, 0.1) is 10.5 Å². The molecule has 3 nitrogen and oxygen atoms in total. The van der Waals surface area contributed by atoms with E-state index in [-0.39, 0.29) is 5.56 Å². The summed E-state index contributed by atoms with van der Waals surface area (Å²) in [5.41, 5.74) is 3.44. The molecule has 1 fully saturated rings. The Balaban J connectivity index is 1.97. The Morgan fingerprint density at radius 3 is 2.79 bits per heavy atom. The highest BCUT2D eigenvalue weighted by Crippen LogP contribution is 2.40. The van der Waals surface area contributed by atoms with Crippen LogP contribution in [0.3, 0.4) is 0 Å². The van der Waals surface area contributed by atoms with Gasteiger partial charge in [-0.05, 0) is 53.5 Å². The van der Waals surface area contributed by atoms with Gasteiger partial charge in [0.2, 0.25) is 0 Å². The topological polar surface area (TPSA) is 45.8 Å². The molecule has 1 saturated carbocycles. The number of aromatic nitrogens is 2. The second-order valence-corrected chi connectivity index (χ2v) is 6.17. The Labute approximate surface area is 125 Å². The van der Waals surface area contributed by atoms with Crippen LogP contribution in [0.25, 0.3) is 0 Å². The van der Waals surface area contributed by atoms with Crippen molar-refractivity contribution in [1.29, 1.82) is 0 Å². The zero-order valence-corrected chi connectivity index (χ0v) is 12.9. The van der Waals surface area contributed by atoms with Gasteiger partial charge in [-0.15, -0.1) is 0 Å². The second-order valence-electron chi connectivity index (χ2n) is 5.09. The molecule has 19 heavy (non-hydrogen) atoms. The zero-order valence-electron chi connectivity index (χ0n) is 10.7. The predicted molar refractivity (Wildman–Crippen MR) is 83.5 cm³/mol. The van der Waals surface area contributed by atoms with Gasteiger partial charge in [-0.3, -0.25) is 4.79 Å². The number of halogens is 1. The van der Waals surface area contributed by atoms with Crippen molar-refractivity contribution in [2.45, 2.75) is 32.1 Å². The lowest BCUT2D eigenvalue weighted by molar-refractivity contribution is 0.867. The highest BCUT2D eigenvalue weighted by molar-refractivity contribution is 14.1. The van der Waals surface area contributed by atoms with Crippen LogP contribution in [-0.2, 0) is 6.42 Å². The molecular formula is C15H15IN2O. The van der Waals surface area contributed by atoms with Gasteiger partial charge in [-0.2, -0.15) is 0 Å². The Morgan fingerprint density at radius 1 is 1.37 bits per heavy atom. The van der Waals surface area contributed by atoms with Gasteiger partial charge in [0.15, 0.2) is 0 Å². The van der Waals surface area contributed by atoms with Crippen molar-refractivity contribution in [3.8, 4) is 0 Å². The molecule has 0 bridgehead atoms. The Kier molecular flexibility index (Phi) is 3.43. The van der Waals surface area contributed by atoms with Crippen molar-refractivity contribution >= 4 is 22.6 Å². The van der Waals surface area contributed by atoms with Crippen LogP contribution in [0.1, 0.15) is 41.4 Å². The quantitative estimate of drug-likeness (QED) is 0.849. The molecule has 0 radical (unpaired) electrons. The normalized spacial score (nSPS) is 14.6. The summed E-state index contributed by atoms with van der Waals surface area (Å²) in [5.74, 6) is 1.28. The summed E-state index contributed by atoms with van der Waals surface area (Å²) in [7, 11) is 0. The highest BCUT2D eigenvalue weighted by Gasteiger charge is 2.28. The lowest BCUT2D eigenvalue weighted by Gasteiger charge is -2.08. The van der Waals surface area contributed by atoms with Gasteiger partial charge in [-0.1, -0.05) is 24.3 Å². The maximum absolute atomic E-state index is 12.0. The molecule has 0 aliphatic heterocycles. The Morgan fingerprint density at radius 2 is 2.11 bits per heavy atom. The minimum absolute atomic E-state index is 0.00100. The van der Waals surface area contributed by atoms with E-state index >= 15 is 0 Å². The van der Waals surface area contributed by atoms with E-state index in [1.165, 1.54) is 11.1 Å². The molecule has 0 unspecified atom stereocenters. The second kappa shape index (κ2) is 5.07. The van der Waals surface area contributed by atoms with Crippen LogP contribution in [0.15, 0.2) is 29.1 Å². The molecule has 1 aromatic heterocycles.